The second-order valence-corrected chi connectivity index (χ2v) is 5.76. The lowest BCUT2D eigenvalue weighted by atomic mass is 10.2. The summed E-state index contributed by atoms with van der Waals surface area (Å²) in [7, 11) is 0. The quantitative estimate of drug-likeness (QED) is 0.736. The summed E-state index contributed by atoms with van der Waals surface area (Å²) in [4.78, 5) is 11.4. The lowest BCUT2D eigenvalue weighted by Gasteiger charge is -2.28. The van der Waals surface area contributed by atoms with Crippen molar-refractivity contribution in [3.63, 3.8) is 0 Å². The van der Waals surface area contributed by atoms with Crippen molar-refractivity contribution in [2.24, 2.45) is 0 Å². The summed E-state index contributed by atoms with van der Waals surface area (Å²) in [5.74, 6) is 1.09. The van der Waals surface area contributed by atoms with Crippen molar-refractivity contribution in [2.75, 3.05) is 31.1 Å². The molecule has 1 N–H and O–H groups in total. The fourth-order valence-corrected chi connectivity index (χ4v) is 3.79. The minimum atomic E-state index is 1.01. The van der Waals surface area contributed by atoms with E-state index in [9.17, 15) is 0 Å². The average Bonchev–Trinajstić information content (AvgIpc) is 2.87. The third kappa shape index (κ3) is 1.77. The van der Waals surface area contributed by atoms with E-state index < -0.39 is 0 Å². The maximum Gasteiger partial charge on any atom is 0.150 e. The van der Waals surface area contributed by atoms with Crippen molar-refractivity contribution in [3.05, 3.63) is 30.6 Å². The molecule has 1 fully saturated rings. The van der Waals surface area contributed by atoms with Crippen LogP contribution in [0.4, 0.5) is 5.82 Å². The molecule has 0 spiro atoms. The maximum absolute atomic E-state index is 4.52. The molecule has 4 nitrogen and oxygen atoms in total. The van der Waals surface area contributed by atoms with Gasteiger partial charge in [-0.25, -0.2) is 9.97 Å². The van der Waals surface area contributed by atoms with Crippen LogP contribution in [0.5, 0.6) is 0 Å². The summed E-state index contributed by atoms with van der Waals surface area (Å²) in [6.07, 6.45) is 1.69. The molecule has 4 rings (SSSR count). The Balaban J connectivity index is 1.95. The molecule has 3 aromatic rings. The lowest BCUT2D eigenvalue weighted by molar-refractivity contribution is 0.586. The molecule has 0 atom stereocenters. The van der Waals surface area contributed by atoms with Gasteiger partial charge in [-0.05, 0) is 6.07 Å². The van der Waals surface area contributed by atoms with Crippen molar-refractivity contribution in [1.82, 2.24) is 15.3 Å². The first-order chi connectivity index (χ1) is 9.43. The van der Waals surface area contributed by atoms with E-state index in [1.807, 2.05) is 0 Å². The van der Waals surface area contributed by atoms with Crippen LogP contribution in [0.3, 0.4) is 0 Å². The van der Waals surface area contributed by atoms with Crippen LogP contribution in [-0.2, 0) is 0 Å². The molecule has 0 amide bonds. The Bertz CT molecular complexity index is 730. The molecule has 0 unspecified atom stereocenters. The Morgan fingerprint density at radius 2 is 1.95 bits per heavy atom. The van der Waals surface area contributed by atoms with Gasteiger partial charge in [-0.1, -0.05) is 18.2 Å². The normalized spacial score (nSPS) is 16.3. The Morgan fingerprint density at radius 3 is 2.84 bits per heavy atom. The molecule has 1 aliphatic rings. The molecule has 1 saturated heterocycles. The Morgan fingerprint density at radius 1 is 1.11 bits per heavy atom. The van der Waals surface area contributed by atoms with Crippen molar-refractivity contribution in [3.8, 4) is 0 Å². The number of hydrogen-bond donors (Lipinski definition) is 1. The Kier molecular flexibility index (Phi) is 2.60. The minimum Gasteiger partial charge on any atom is -0.353 e. The maximum atomic E-state index is 4.52. The first kappa shape index (κ1) is 11.1. The van der Waals surface area contributed by atoms with Crippen LogP contribution >= 0.6 is 11.3 Å². The largest absolute Gasteiger partial charge is 0.353 e. The molecule has 1 aliphatic heterocycles. The predicted molar refractivity (Wildman–Crippen MR) is 80.0 cm³/mol. The molecular formula is C14H14N4S. The van der Waals surface area contributed by atoms with Crippen LogP contribution < -0.4 is 10.2 Å². The highest BCUT2D eigenvalue weighted by atomic mass is 32.1. The second kappa shape index (κ2) is 4.43. The van der Waals surface area contributed by atoms with Gasteiger partial charge in [0, 0.05) is 36.3 Å². The molecule has 2 aromatic heterocycles. The van der Waals surface area contributed by atoms with Gasteiger partial charge in [0.1, 0.15) is 12.1 Å². The molecule has 5 heteroatoms. The Hall–Kier alpha value is -1.72. The van der Waals surface area contributed by atoms with Gasteiger partial charge in [0.2, 0.25) is 0 Å². The van der Waals surface area contributed by atoms with E-state index in [0.29, 0.717) is 0 Å². The zero-order chi connectivity index (χ0) is 12.7. The van der Waals surface area contributed by atoms with Crippen LogP contribution in [0.1, 0.15) is 0 Å². The van der Waals surface area contributed by atoms with Crippen molar-refractivity contribution in [2.45, 2.75) is 0 Å². The summed E-state index contributed by atoms with van der Waals surface area (Å²) < 4.78 is 2.50. The number of piperazine rings is 1. The highest BCUT2D eigenvalue weighted by Crippen LogP contribution is 2.36. The second-order valence-electron chi connectivity index (χ2n) is 4.71. The number of nitrogens with zero attached hydrogens (tertiary/aromatic N) is 3. The number of thiophene rings is 1. The number of nitrogens with one attached hydrogen (secondary N) is 1. The number of anilines is 1. The summed E-state index contributed by atoms with van der Waals surface area (Å²) in [6.45, 7) is 4.08. The van der Waals surface area contributed by atoms with Crippen LogP contribution in [0.15, 0.2) is 30.6 Å². The average molecular weight is 270 g/mol. The zero-order valence-corrected chi connectivity index (χ0v) is 11.3. The lowest BCUT2D eigenvalue weighted by Crippen LogP contribution is -2.43. The van der Waals surface area contributed by atoms with Crippen LogP contribution in [0.25, 0.3) is 20.3 Å². The predicted octanol–water partition coefficient (Wildman–Crippen LogP) is 2.25. The first-order valence-electron chi connectivity index (χ1n) is 6.51. The summed E-state index contributed by atoms with van der Waals surface area (Å²) in [5, 5.41) is 4.61. The molecule has 96 valence electrons. The van der Waals surface area contributed by atoms with Crippen molar-refractivity contribution < 1.29 is 0 Å². The summed E-state index contributed by atoms with van der Waals surface area (Å²) in [6, 6.07) is 8.45. The first-order valence-corrected chi connectivity index (χ1v) is 7.33. The smallest absolute Gasteiger partial charge is 0.150 e. The van der Waals surface area contributed by atoms with E-state index >= 15 is 0 Å². The van der Waals surface area contributed by atoms with E-state index in [1.165, 1.54) is 14.8 Å². The van der Waals surface area contributed by atoms with E-state index in [2.05, 4.69) is 44.5 Å². The van der Waals surface area contributed by atoms with Gasteiger partial charge in [-0.3, -0.25) is 0 Å². The topological polar surface area (TPSA) is 41.0 Å². The molecule has 0 radical (unpaired) electrons. The molecule has 0 saturated carbocycles. The molecule has 1 aromatic carbocycles. The van der Waals surface area contributed by atoms with Gasteiger partial charge in [0.05, 0.1) is 10.2 Å². The standard InChI is InChI=1S/C14H14N4S/c1-2-4-11-10(3-1)12-13(19-11)14(17-9-16-12)18-7-5-15-6-8-18/h1-4,9,15H,5-8H2. The third-order valence-corrected chi connectivity index (χ3v) is 4.71. The molecule has 0 bridgehead atoms. The zero-order valence-electron chi connectivity index (χ0n) is 10.5. The molecular weight excluding hydrogens is 256 g/mol. The minimum absolute atomic E-state index is 1.01. The summed E-state index contributed by atoms with van der Waals surface area (Å²) >= 11 is 1.79. The van der Waals surface area contributed by atoms with Gasteiger partial charge >= 0.3 is 0 Å². The van der Waals surface area contributed by atoms with Gasteiger partial charge in [-0.2, -0.15) is 0 Å². The monoisotopic (exact) mass is 270 g/mol. The van der Waals surface area contributed by atoms with E-state index in [-0.39, 0.29) is 0 Å². The molecule has 19 heavy (non-hydrogen) atoms. The van der Waals surface area contributed by atoms with Crippen molar-refractivity contribution in [1.29, 1.82) is 0 Å². The number of benzene rings is 1. The van der Waals surface area contributed by atoms with Crippen molar-refractivity contribution >= 4 is 37.5 Å². The van der Waals surface area contributed by atoms with Gasteiger partial charge < -0.3 is 10.2 Å². The fraction of sp³-hybridized carbons (Fsp3) is 0.286. The van der Waals surface area contributed by atoms with Gasteiger partial charge in [0.25, 0.3) is 0 Å². The highest BCUT2D eigenvalue weighted by Gasteiger charge is 2.17. The molecule has 0 aliphatic carbocycles. The number of rotatable bonds is 1. The number of fused-ring (bicyclic) bond motifs is 3. The highest BCUT2D eigenvalue weighted by molar-refractivity contribution is 7.26. The number of aromatic nitrogens is 2. The van der Waals surface area contributed by atoms with Gasteiger partial charge in [0.15, 0.2) is 0 Å². The van der Waals surface area contributed by atoms with E-state index in [1.54, 1.807) is 17.7 Å². The van der Waals surface area contributed by atoms with E-state index in [0.717, 1.165) is 37.5 Å². The molecule has 3 heterocycles. The summed E-state index contributed by atoms with van der Waals surface area (Å²) in [5.41, 5.74) is 1.09. The SMILES string of the molecule is c1ccc2c(c1)sc1c(N3CCNCC3)ncnc12. The Labute approximate surface area is 115 Å². The van der Waals surface area contributed by atoms with Gasteiger partial charge in [-0.15, -0.1) is 11.3 Å². The third-order valence-electron chi connectivity index (χ3n) is 3.56. The van der Waals surface area contributed by atoms with E-state index in [4.69, 9.17) is 0 Å². The van der Waals surface area contributed by atoms with Crippen LogP contribution in [0, 0.1) is 0 Å². The van der Waals surface area contributed by atoms with Crippen LogP contribution in [-0.4, -0.2) is 36.1 Å². The fourth-order valence-electron chi connectivity index (χ4n) is 2.61. The number of hydrogen-bond acceptors (Lipinski definition) is 5. The van der Waals surface area contributed by atoms with Crippen LogP contribution in [0.2, 0.25) is 0 Å².